The molecule has 5 nitrogen and oxygen atoms in total. The average Bonchev–Trinajstić information content (AvgIpc) is 2.65. The monoisotopic (exact) mass is 369 g/mol. The van der Waals surface area contributed by atoms with Crippen LogP contribution >= 0.6 is 0 Å². The Morgan fingerprint density at radius 1 is 1.11 bits per heavy atom. The van der Waals surface area contributed by atoms with E-state index in [1.54, 1.807) is 25.4 Å². The van der Waals surface area contributed by atoms with E-state index in [0.29, 0.717) is 29.8 Å². The van der Waals surface area contributed by atoms with Crippen LogP contribution in [0.15, 0.2) is 36.5 Å². The Morgan fingerprint density at radius 3 is 2.37 bits per heavy atom. The van der Waals surface area contributed by atoms with E-state index in [1.165, 1.54) is 0 Å². The molecule has 0 aliphatic rings. The second kappa shape index (κ2) is 10.1. The molecule has 1 aromatic carbocycles. The molecule has 0 aliphatic carbocycles. The maximum atomic E-state index is 12.9. The normalized spacial score (nSPS) is 11.1. The van der Waals surface area contributed by atoms with Crippen molar-refractivity contribution in [1.82, 2.24) is 4.98 Å². The number of carbonyl (C=O) groups excluding carboxylic acids is 1. The van der Waals surface area contributed by atoms with Gasteiger partial charge < -0.3 is 15.4 Å². The molecular formula is C22H31N3O2. The summed E-state index contributed by atoms with van der Waals surface area (Å²) in [7, 11) is 1.68. The van der Waals surface area contributed by atoms with Crippen molar-refractivity contribution in [3.8, 4) is 0 Å². The van der Waals surface area contributed by atoms with Gasteiger partial charge in [0.15, 0.2) is 0 Å². The van der Waals surface area contributed by atoms with E-state index >= 15 is 0 Å². The highest BCUT2D eigenvalue weighted by Crippen LogP contribution is 2.32. The van der Waals surface area contributed by atoms with Gasteiger partial charge in [-0.25, -0.2) is 4.98 Å². The van der Waals surface area contributed by atoms with E-state index in [9.17, 15) is 4.79 Å². The van der Waals surface area contributed by atoms with Gasteiger partial charge in [-0.3, -0.25) is 4.79 Å². The van der Waals surface area contributed by atoms with Crippen molar-refractivity contribution in [2.75, 3.05) is 30.9 Å². The third-order valence-electron chi connectivity index (χ3n) is 4.46. The summed E-state index contributed by atoms with van der Waals surface area (Å²) in [5.74, 6) is 1.23. The number of ether oxygens (including phenoxy) is 1. The van der Waals surface area contributed by atoms with E-state index < -0.39 is 0 Å². The Labute approximate surface area is 162 Å². The number of amides is 1. The van der Waals surface area contributed by atoms with Crippen molar-refractivity contribution in [3.63, 3.8) is 0 Å². The molecule has 1 aromatic heterocycles. The van der Waals surface area contributed by atoms with Crippen molar-refractivity contribution in [2.45, 2.75) is 46.0 Å². The first kappa shape index (κ1) is 20.9. The number of nitrogens with one attached hydrogen (secondary N) is 2. The highest BCUT2D eigenvalue weighted by atomic mass is 16.5. The summed E-state index contributed by atoms with van der Waals surface area (Å²) in [6.45, 7) is 10.0. The molecule has 0 radical (unpaired) electrons. The molecule has 0 aliphatic heterocycles. The lowest BCUT2D eigenvalue weighted by molar-refractivity contribution is 0.102. The van der Waals surface area contributed by atoms with Crippen LogP contribution in [0.2, 0.25) is 0 Å². The van der Waals surface area contributed by atoms with Gasteiger partial charge in [-0.1, -0.05) is 45.9 Å². The number of para-hydroxylation sites is 1. The van der Waals surface area contributed by atoms with Crippen molar-refractivity contribution in [2.24, 2.45) is 0 Å². The maximum Gasteiger partial charge on any atom is 0.255 e. The molecule has 2 N–H and O–H groups in total. The summed E-state index contributed by atoms with van der Waals surface area (Å²) in [4.78, 5) is 17.2. The number of hydrogen-bond acceptors (Lipinski definition) is 4. The molecule has 0 bridgehead atoms. The van der Waals surface area contributed by atoms with Gasteiger partial charge in [0.25, 0.3) is 5.91 Å². The molecule has 0 saturated carbocycles. The molecule has 0 fully saturated rings. The minimum Gasteiger partial charge on any atom is -0.385 e. The van der Waals surface area contributed by atoms with Crippen LogP contribution < -0.4 is 10.6 Å². The Balaban J connectivity index is 2.20. The minimum atomic E-state index is -0.118. The Kier molecular flexibility index (Phi) is 7.80. The summed E-state index contributed by atoms with van der Waals surface area (Å²) >= 11 is 0. The average molecular weight is 370 g/mol. The van der Waals surface area contributed by atoms with Gasteiger partial charge in [-0.2, -0.15) is 0 Å². The molecule has 0 saturated heterocycles. The lowest BCUT2D eigenvalue weighted by Crippen LogP contribution is -2.16. The summed E-state index contributed by atoms with van der Waals surface area (Å²) in [5.41, 5.74) is 3.83. The van der Waals surface area contributed by atoms with E-state index in [0.717, 1.165) is 29.8 Å². The largest absolute Gasteiger partial charge is 0.385 e. The van der Waals surface area contributed by atoms with E-state index in [2.05, 4.69) is 61.5 Å². The zero-order valence-corrected chi connectivity index (χ0v) is 17.0. The van der Waals surface area contributed by atoms with Gasteiger partial charge in [-0.15, -0.1) is 0 Å². The van der Waals surface area contributed by atoms with Crippen molar-refractivity contribution in [1.29, 1.82) is 0 Å². The second-order valence-corrected chi connectivity index (χ2v) is 7.28. The second-order valence-electron chi connectivity index (χ2n) is 7.28. The zero-order valence-electron chi connectivity index (χ0n) is 17.0. The molecule has 1 heterocycles. The standard InChI is InChI=1S/C22H31N3O2/c1-15(2)18-8-6-9-19(16(3)4)21(18)25-22(26)17-10-12-24-20(14-17)23-11-7-13-27-5/h6,8-10,12,14-16H,7,11,13H2,1-5H3,(H,23,24)(H,25,26). The number of aromatic nitrogens is 1. The highest BCUT2D eigenvalue weighted by Gasteiger charge is 2.17. The number of rotatable bonds is 9. The van der Waals surface area contributed by atoms with Gasteiger partial charge in [0, 0.05) is 37.7 Å². The fourth-order valence-corrected chi connectivity index (χ4v) is 2.98. The molecule has 0 unspecified atom stereocenters. The molecule has 146 valence electrons. The van der Waals surface area contributed by atoms with Gasteiger partial charge in [0.1, 0.15) is 5.82 Å². The summed E-state index contributed by atoms with van der Waals surface area (Å²) in [6.07, 6.45) is 2.54. The van der Waals surface area contributed by atoms with Crippen molar-refractivity contribution >= 4 is 17.4 Å². The van der Waals surface area contributed by atoms with Crippen LogP contribution in [0.1, 0.15) is 67.4 Å². The Bertz CT molecular complexity index is 731. The molecule has 0 atom stereocenters. The topological polar surface area (TPSA) is 63.2 Å². The van der Waals surface area contributed by atoms with E-state index in [4.69, 9.17) is 4.74 Å². The number of hydrogen-bond donors (Lipinski definition) is 2. The molecule has 2 aromatic rings. The third-order valence-corrected chi connectivity index (χ3v) is 4.46. The van der Waals surface area contributed by atoms with Gasteiger partial charge >= 0.3 is 0 Å². The van der Waals surface area contributed by atoms with Gasteiger partial charge in [0.05, 0.1) is 0 Å². The van der Waals surface area contributed by atoms with E-state index in [-0.39, 0.29) is 5.91 Å². The SMILES string of the molecule is COCCCNc1cc(C(=O)Nc2c(C(C)C)cccc2C(C)C)ccn1. The summed E-state index contributed by atoms with van der Waals surface area (Å²) in [5, 5.41) is 6.37. The quantitative estimate of drug-likeness (QED) is 0.609. The lowest BCUT2D eigenvalue weighted by atomic mass is 9.92. The number of pyridine rings is 1. The molecule has 27 heavy (non-hydrogen) atoms. The number of carbonyl (C=O) groups is 1. The Morgan fingerprint density at radius 2 is 1.78 bits per heavy atom. The van der Waals surface area contributed by atoms with Crippen molar-refractivity contribution < 1.29 is 9.53 Å². The summed E-state index contributed by atoms with van der Waals surface area (Å²) < 4.78 is 5.04. The highest BCUT2D eigenvalue weighted by molar-refractivity contribution is 6.05. The number of nitrogens with zero attached hydrogens (tertiary/aromatic N) is 1. The van der Waals surface area contributed by atoms with Crippen LogP contribution in [0.3, 0.4) is 0 Å². The van der Waals surface area contributed by atoms with Crippen molar-refractivity contribution in [3.05, 3.63) is 53.2 Å². The van der Waals surface area contributed by atoms with Crippen LogP contribution in [0.4, 0.5) is 11.5 Å². The van der Waals surface area contributed by atoms with E-state index in [1.807, 2.05) is 0 Å². The first-order valence-electron chi connectivity index (χ1n) is 9.57. The fraction of sp³-hybridized carbons (Fsp3) is 0.455. The predicted molar refractivity (Wildman–Crippen MR) is 112 cm³/mol. The smallest absolute Gasteiger partial charge is 0.255 e. The summed E-state index contributed by atoms with van der Waals surface area (Å²) in [6, 6.07) is 9.76. The molecule has 2 rings (SSSR count). The maximum absolute atomic E-state index is 12.9. The number of anilines is 2. The molecule has 0 spiro atoms. The first-order valence-corrected chi connectivity index (χ1v) is 9.57. The van der Waals surface area contributed by atoms with Crippen LogP contribution in [0, 0.1) is 0 Å². The number of methoxy groups -OCH3 is 1. The lowest BCUT2D eigenvalue weighted by Gasteiger charge is -2.20. The minimum absolute atomic E-state index is 0.118. The zero-order chi connectivity index (χ0) is 19.8. The van der Waals surface area contributed by atoms with Crippen LogP contribution in [-0.2, 0) is 4.74 Å². The Hall–Kier alpha value is -2.40. The van der Waals surface area contributed by atoms with Crippen LogP contribution in [0.25, 0.3) is 0 Å². The molecule has 5 heteroatoms. The first-order chi connectivity index (χ1) is 12.9. The van der Waals surface area contributed by atoms with Crippen LogP contribution in [0.5, 0.6) is 0 Å². The van der Waals surface area contributed by atoms with Crippen LogP contribution in [-0.4, -0.2) is 31.2 Å². The fourth-order valence-electron chi connectivity index (χ4n) is 2.98. The third kappa shape index (κ3) is 5.79. The molecule has 1 amide bonds. The predicted octanol–water partition coefficient (Wildman–Crippen LogP) is 5.03. The van der Waals surface area contributed by atoms with Gasteiger partial charge in [0.2, 0.25) is 0 Å². The molecular weight excluding hydrogens is 338 g/mol. The van der Waals surface area contributed by atoms with Gasteiger partial charge in [-0.05, 0) is 41.5 Å². The number of benzene rings is 1.